The first-order valence-corrected chi connectivity index (χ1v) is 9.78. The minimum Gasteiger partial charge on any atom is -0.361 e. The number of halogens is 2. The Bertz CT molecular complexity index is 980. The standard InChI is InChI=1S/C12H12BrN.C8H6BrN/c13-9-4-5-10-11(8-2-1-3-8)7-14-12(10)6-9;9-7-2-1-6-3-4-10-8(6)5-7/h4-8,14H,1-3H2;1-5,10H. The van der Waals surface area contributed by atoms with Crippen LogP contribution in [0.4, 0.5) is 0 Å². The first-order valence-electron chi connectivity index (χ1n) is 8.20. The summed E-state index contributed by atoms with van der Waals surface area (Å²) in [5, 5.41) is 2.65. The molecule has 24 heavy (non-hydrogen) atoms. The van der Waals surface area contributed by atoms with Crippen LogP contribution in [-0.2, 0) is 0 Å². The van der Waals surface area contributed by atoms with Crippen LogP contribution in [0.3, 0.4) is 0 Å². The van der Waals surface area contributed by atoms with Gasteiger partial charge in [0.15, 0.2) is 0 Å². The predicted octanol–water partition coefficient (Wildman–Crippen LogP) is 7.13. The molecular formula is C20H18Br2N2. The van der Waals surface area contributed by atoms with Crippen molar-refractivity contribution in [3.8, 4) is 0 Å². The van der Waals surface area contributed by atoms with E-state index in [0.29, 0.717) is 0 Å². The Morgan fingerprint density at radius 1 is 0.833 bits per heavy atom. The van der Waals surface area contributed by atoms with Gasteiger partial charge >= 0.3 is 0 Å². The Hall–Kier alpha value is -1.52. The van der Waals surface area contributed by atoms with Crippen LogP contribution < -0.4 is 0 Å². The van der Waals surface area contributed by atoms with E-state index in [1.807, 2.05) is 12.3 Å². The zero-order valence-corrected chi connectivity index (χ0v) is 16.3. The van der Waals surface area contributed by atoms with Gasteiger partial charge in [-0.15, -0.1) is 0 Å². The molecule has 2 nitrogen and oxygen atoms in total. The molecule has 1 saturated carbocycles. The van der Waals surface area contributed by atoms with Crippen molar-refractivity contribution in [1.82, 2.24) is 9.97 Å². The molecule has 4 heteroatoms. The van der Waals surface area contributed by atoms with Gasteiger partial charge in [-0.1, -0.05) is 50.4 Å². The van der Waals surface area contributed by atoms with Crippen molar-refractivity contribution >= 4 is 53.7 Å². The van der Waals surface area contributed by atoms with Crippen molar-refractivity contribution in [2.24, 2.45) is 0 Å². The highest BCUT2D eigenvalue weighted by molar-refractivity contribution is 9.10. The second-order valence-corrected chi connectivity index (χ2v) is 8.10. The molecular weight excluding hydrogens is 428 g/mol. The summed E-state index contributed by atoms with van der Waals surface area (Å²) in [4.78, 5) is 6.48. The Kier molecular flexibility index (Phi) is 4.51. The fraction of sp³-hybridized carbons (Fsp3) is 0.200. The van der Waals surface area contributed by atoms with Crippen LogP contribution in [0.15, 0.2) is 63.8 Å². The van der Waals surface area contributed by atoms with E-state index in [9.17, 15) is 0 Å². The van der Waals surface area contributed by atoms with Crippen molar-refractivity contribution in [3.05, 3.63) is 69.4 Å². The van der Waals surface area contributed by atoms with Crippen LogP contribution in [-0.4, -0.2) is 9.97 Å². The number of hydrogen-bond acceptors (Lipinski definition) is 0. The molecule has 5 rings (SSSR count). The lowest BCUT2D eigenvalue weighted by Crippen LogP contribution is -2.07. The summed E-state index contributed by atoms with van der Waals surface area (Å²) in [6.45, 7) is 0. The van der Waals surface area contributed by atoms with Gasteiger partial charge in [-0.25, -0.2) is 0 Å². The summed E-state index contributed by atoms with van der Waals surface area (Å²) >= 11 is 6.89. The summed E-state index contributed by atoms with van der Waals surface area (Å²) in [6.07, 6.45) is 8.25. The molecule has 2 aromatic carbocycles. The van der Waals surface area contributed by atoms with Gasteiger partial charge in [0.25, 0.3) is 0 Å². The summed E-state index contributed by atoms with van der Waals surface area (Å²) in [7, 11) is 0. The number of H-pyrrole nitrogens is 2. The monoisotopic (exact) mass is 444 g/mol. The Balaban J connectivity index is 0.000000129. The van der Waals surface area contributed by atoms with Crippen LogP contribution in [0, 0.1) is 0 Å². The van der Waals surface area contributed by atoms with Gasteiger partial charge in [0, 0.05) is 37.8 Å². The third-order valence-electron chi connectivity index (χ3n) is 4.74. The Morgan fingerprint density at radius 3 is 2.33 bits per heavy atom. The molecule has 1 aliphatic carbocycles. The molecule has 4 aromatic rings. The van der Waals surface area contributed by atoms with Gasteiger partial charge in [0.2, 0.25) is 0 Å². The molecule has 2 N–H and O–H groups in total. The van der Waals surface area contributed by atoms with Gasteiger partial charge in [-0.3, -0.25) is 0 Å². The fourth-order valence-corrected chi connectivity index (χ4v) is 3.92. The van der Waals surface area contributed by atoms with E-state index in [-0.39, 0.29) is 0 Å². The van der Waals surface area contributed by atoms with Crippen LogP contribution in [0.25, 0.3) is 21.8 Å². The first-order chi connectivity index (χ1) is 11.7. The van der Waals surface area contributed by atoms with Gasteiger partial charge in [-0.05, 0) is 60.0 Å². The highest BCUT2D eigenvalue weighted by Crippen LogP contribution is 2.39. The largest absolute Gasteiger partial charge is 0.361 e. The van der Waals surface area contributed by atoms with Gasteiger partial charge in [-0.2, -0.15) is 0 Å². The predicted molar refractivity (Wildman–Crippen MR) is 109 cm³/mol. The molecule has 0 aliphatic heterocycles. The molecule has 0 unspecified atom stereocenters. The molecule has 0 amide bonds. The van der Waals surface area contributed by atoms with E-state index in [1.54, 1.807) is 0 Å². The highest BCUT2D eigenvalue weighted by Gasteiger charge is 2.22. The van der Waals surface area contributed by atoms with Crippen molar-refractivity contribution in [3.63, 3.8) is 0 Å². The Labute approximate surface area is 157 Å². The van der Waals surface area contributed by atoms with E-state index >= 15 is 0 Å². The smallest absolute Gasteiger partial charge is 0.0468 e. The first kappa shape index (κ1) is 16.0. The minimum absolute atomic E-state index is 0.810. The fourth-order valence-electron chi connectivity index (χ4n) is 3.20. The van der Waals surface area contributed by atoms with E-state index in [1.165, 1.54) is 46.6 Å². The number of hydrogen-bond donors (Lipinski definition) is 2. The summed E-state index contributed by atoms with van der Waals surface area (Å²) in [5.74, 6) is 0.810. The molecule has 2 aromatic heterocycles. The molecule has 2 heterocycles. The number of fused-ring (bicyclic) bond motifs is 2. The highest BCUT2D eigenvalue weighted by atomic mass is 79.9. The third kappa shape index (κ3) is 3.17. The molecule has 0 bridgehead atoms. The zero-order chi connectivity index (χ0) is 16.5. The molecule has 0 saturated heterocycles. The van der Waals surface area contributed by atoms with Crippen LogP contribution in [0.2, 0.25) is 0 Å². The Morgan fingerprint density at radius 2 is 1.58 bits per heavy atom. The lowest BCUT2D eigenvalue weighted by atomic mass is 9.80. The maximum atomic E-state index is 3.49. The molecule has 0 radical (unpaired) electrons. The van der Waals surface area contributed by atoms with E-state index in [4.69, 9.17) is 0 Å². The van der Waals surface area contributed by atoms with Crippen LogP contribution >= 0.6 is 31.9 Å². The van der Waals surface area contributed by atoms with Crippen molar-refractivity contribution in [2.45, 2.75) is 25.2 Å². The number of aromatic nitrogens is 2. The molecule has 122 valence electrons. The maximum absolute atomic E-state index is 3.49. The maximum Gasteiger partial charge on any atom is 0.0468 e. The number of nitrogens with one attached hydrogen (secondary N) is 2. The zero-order valence-electron chi connectivity index (χ0n) is 13.2. The van der Waals surface area contributed by atoms with E-state index in [0.717, 1.165) is 14.9 Å². The van der Waals surface area contributed by atoms with Crippen LogP contribution in [0.1, 0.15) is 30.7 Å². The van der Waals surface area contributed by atoms with E-state index < -0.39 is 0 Å². The SMILES string of the molecule is Brc1ccc2c(C3CCC3)c[nH]c2c1.Brc1ccc2cc[nH]c2c1. The van der Waals surface area contributed by atoms with Crippen LogP contribution in [0.5, 0.6) is 0 Å². The second-order valence-electron chi connectivity index (χ2n) is 6.27. The van der Waals surface area contributed by atoms with Crippen molar-refractivity contribution < 1.29 is 0 Å². The van der Waals surface area contributed by atoms with Gasteiger partial charge in [0.1, 0.15) is 0 Å². The van der Waals surface area contributed by atoms with Crippen molar-refractivity contribution in [1.29, 1.82) is 0 Å². The van der Waals surface area contributed by atoms with Gasteiger partial charge in [0.05, 0.1) is 0 Å². The molecule has 1 fully saturated rings. The topological polar surface area (TPSA) is 31.6 Å². The number of rotatable bonds is 1. The average Bonchev–Trinajstić information content (AvgIpc) is 3.13. The average molecular weight is 446 g/mol. The van der Waals surface area contributed by atoms with E-state index in [2.05, 4.69) is 84.4 Å². The lowest BCUT2D eigenvalue weighted by Gasteiger charge is -2.24. The minimum atomic E-state index is 0.810. The summed E-state index contributed by atoms with van der Waals surface area (Å²) < 4.78 is 2.26. The molecule has 0 atom stereocenters. The molecule has 0 spiro atoms. The normalized spacial score (nSPS) is 14.4. The quantitative estimate of drug-likeness (QED) is 0.312. The van der Waals surface area contributed by atoms with Crippen molar-refractivity contribution in [2.75, 3.05) is 0 Å². The number of benzene rings is 2. The number of aromatic amines is 2. The lowest BCUT2D eigenvalue weighted by molar-refractivity contribution is 0.422. The molecule has 1 aliphatic rings. The third-order valence-corrected chi connectivity index (χ3v) is 5.72. The summed E-state index contributed by atoms with van der Waals surface area (Å²) in [6, 6.07) is 14.7. The second kappa shape index (κ2) is 6.77. The summed E-state index contributed by atoms with van der Waals surface area (Å²) in [5.41, 5.74) is 3.94. The van der Waals surface area contributed by atoms with Gasteiger partial charge < -0.3 is 9.97 Å².